The summed E-state index contributed by atoms with van der Waals surface area (Å²) >= 11 is 1.59. The standard InChI is InChI=1S/C20H26N4S/c1-13(14-6-8-22-9-7-14)17-12-23-18-11-15(4-5-16(17)18)24-20(21)19-3-2-10-25-19/h2-5,10-11,13-14,17,22-23H,6-9,12H2,1H3,(H2,21,24). The highest BCUT2D eigenvalue weighted by Gasteiger charge is 2.32. The first-order valence-electron chi connectivity index (χ1n) is 9.20. The summed E-state index contributed by atoms with van der Waals surface area (Å²) in [4.78, 5) is 0.964. The molecule has 2 atom stereocenters. The largest absolute Gasteiger partial charge is 0.384 e. The number of amidine groups is 1. The first-order chi connectivity index (χ1) is 12.2. The highest BCUT2D eigenvalue weighted by molar-refractivity contribution is 7.12. The fourth-order valence-electron chi connectivity index (χ4n) is 4.23. The highest BCUT2D eigenvalue weighted by atomic mass is 32.1. The van der Waals surface area contributed by atoms with Gasteiger partial charge in [0.15, 0.2) is 0 Å². The molecule has 0 amide bonds. The topological polar surface area (TPSA) is 59.9 Å². The molecule has 25 heavy (non-hydrogen) atoms. The van der Waals surface area contributed by atoms with Crippen LogP contribution in [0.4, 0.5) is 11.4 Å². The van der Waals surface area contributed by atoms with Crippen LogP contribution < -0.4 is 16.0 Å². The second-order valence-corrected chi connectivity index (χ2v) is 8.16. The van der Waals surface area contributed by atoms with Crippen molar-refractivity contribution in [2.45, 2.75) is 25.7 Å². The average molecular weight is 355 g/mol. The normalized spacial score (nSPS) is 21.4. The summed E-state index contributed by atoms with van der Waals surface area (Å²) in [6.07, 6.45) is 2.59. The Bertz CT molecular complexity index is 734. The zero-order valence-corrected chi connectivity index (χ0v) is 15.5. The molecule has 2 unspecified atom stereocenters. The number of fused-ring (bicyclic) bond motifs is 1. The molecule has 2 aliphatic heterocycles. The van der Waals surface area contributed by atoms with Gasteiger partial charge in [-0.3, -0.25) is 5.41 Å². The minimum Gasteiger partial charge on any atom is -0.384 e. The average Bonchev–Trinajstić information content (AvgIpc) is 3.31. The van der Waals surface area contributed by atoms with E-state index in [4.69, 9.17) is 5.41 Å². The highest BCUT2D eigenvalue weighted by Crippen LogP contribution is 2.42. The maximum atomic E-state index is 8.20. The van der Waals surface area contributed by atoms with Gasteiger partial charge in [0.1, 0.15) is 5.84 Å². The second-order valence-electron chi connectivity index (χ2n) is 7.21. The van der Waals surface area contributed by atoms with E-state index in [-0.39, 0.29) is 0 Å². The molecule has 2 aromatic rings. The summed E-state index contributed by atoms with van der Waals surface area (Å²) in [6.45, 7) is 5.79. The molecule has 5 heteroatoms. The van der Waals surface area contributed by atoms with Gasteiger partial charge in [-0.2, -0.15) is 0 Å². The minimum atomic E-state index is 0.465. The summed E-state index contributed by atoms with van der Waals surface area (Å²) in [5.74, 6) is 2.60. The third-order valence-electron chi connectivity index (χ3n) is 5.76. The lowest BCUT2D eigenvalue weighted by molar-refractivity contribution is 0.248. The minimum absolute atomic E-state index is 0.465. The maximum Gasteiger partial charge on any atom is 0.140 e. The molecule has 1 saturated heterocycles. The van der Waals surface area contributed by atoms with Crippen LogP contribution in [0.2, 0.25) is 0 Å². The second kappa shape index (κ2) is 7.18. The molecular formula is C20H26N4S. The Morgan fingerprint density at radius 1 is 1.28 bits per heavy atom. The van der Waals surface area contributed by atoms with Crippen molar-refractivity contribution >= 4 is 28.5 Å². The molecule has 1 aromatic heterocycles. The lowest BCUT2D eigenvalue weighted by Gasteiger charge is -2.32. The molecule has 0 saturated carbocycles. The fourth-order valence-corrected chi connectivity index (χ4v) is 4.86. The number of nitrogens with one attached hydrogen (secondary N) is 4. The lowest BCUT2D eigenvalue weighted by Crippen LogP contribution is -2.33. The Balaban J connectivity index is 1.47. The first kappa shape index (κ1) is 16.6. The molecule has 2 aliphatic rings. The Morgan fingerprint density at radius 2 is 2.12 bits per heavy atom. The summed E-state index contributed by atoms with van der Waals surface area (Å²) < 4.78 is 0. The van der Waals surface area contributed by atoms with Crippen molar-refractivity contribution in [1.82, 2.24) is 5.32 Å². The third kappa shape index (κ3) is 3.44. The van der Waals surface area contributed by atoms with Crippen molar-refractivity contribution in [3.8, 4) is 0 Å². The number of anilines is 2. The van der Waals surface area contributed by atoms with Gasteiger partial charge in [0.25, 0.3) is 0 Å². The fraction of sp³-hybridized carbons (Fsp3) is 0.450. The predicted molar refractivity (Wildman–Crippen MR) is 107 cm³/mol. The van der Waals surface area contributed by atoms with Crippen molar-refractivity contribution in [2.75, 3.05) is 30.3 Å². The maximum absolute atomic E-state index is 8.20. The van der Waals surface area contributed by atoms with Crippen molar-refractivity contribution in [3.63, 3.8) is 0 Å². The van der Waals surface area contributed by atoms with Crippen LogP contribution in [0.3, 0.4) is 0 Å². The SMILES string of the molecule is CC(C1CCNCC1)C1CNc2cc(NC(=N)c3cccs3)ccc21. The van der Waals surface area contributed by atoms with E-state index < -0.39 is 0 Å². The van der Waals surface area contributed by atoms with Gasteiger partial charge in [-0.05, 0) is 66.9 Å². The van der Waals surface area contributed by atoms with Crippen LogP contribution in [-0.2, 0) is 0 Å². The molecule has 3 heterocycles. The third-order valence-corrected chi connectivity index (χ3v) is 6.65. The van der Waals surface area contributed by atoms with E-state index in [2.05, 4.69) is 41.1 Å². The van der Waals surface area contributed by atoms with Crippen molar-refractivity contribution in [2.24, 2.45) is 11.8 Å². The van der Waals surface area contributed by atoms with E-state index in [9.17, 15) is 0 Å². The van der Waals surface area contributed by atoms with Gasteiger partial charge in [-0.15, -0.1) is 11.3 Å². The van der Waals surface area contributed by atoms with E-state index in [0.29, 0.717) is 17.7 Å². The van der Waals surface area contributed by atoms with Crippen LogP contribution in [0, 0.1) is 17.2 Å². The van der Waals surface area contributed by atoms with Crippen LogP contribution in [0.15, 0.2) is 35.7 Å². The number of rotatable bonds is 4. The summed E-state index contributed by atoms with van der Waals surface area (Å²) in [6, 6.07) is 10.5. The molecule has 4 N–H and O–H groups in total. The molecule has 0 bridgehead atoms. The van der Waals surface area contributed by atoms with Gasteiger partial charge in [-0.1, -0.05) is 19.1 Å². The lowest BCUT2D eigenvalue weighted by atomic mass is 9.76. The van der Waals surface area contributed by atoms with E-state index >= 15 is 0 Å². The molecule has 0 aliphatic carbocycles. The van der Waals surface area contributed by atoms with E-state index in [1.54, 1.807) is 11.3 Å². The smallest absolute Gasteiger partial charge is 0.140 e. The number of hydrogen-bond acceptors (Lipinski definition) is 4. The Kier molecular flexibility index (Phi) is 4.77. The molecular weight excluding hydrogens is 328 g/mol. The molecule has 0 spiro atoms. The number of thiophene rings is 1. The summed E-state index contributed by atoms with van der Waals surface area (Å²) in [5, 5.41) is 20.5. The number of piperidine rings is 1. The van der Waals surface area contributed by atoms with Gasteiger partial charge in [0.05, 0.1) is 4.88 Å². The van der Waals surface area contributed by atoms with Gasteiger partial charge in [-0.25, -0.2) is 0 Å². The molecule has 1 aromatic carbocycles. The Labute approximate surface area is 153 Å². The molecule has 132 valence electrons. The van der Waals surface area contributed by atoms with Crippen molar-refractivity contribution in [1.29, 1.82) is 5.41 Å². The zero-order chi connectivity index (χ0) is 17.2. The van der Waals surface area contributed by atoms with Gasteiger partial charge in [0.2, 0.25) is 0 Å². The van der Waals surface area contributed by atoms with Gasteiger partial charge < -0.3 is 16.0 Å². The molecule has 1 fully saturated rings. The number of hydrogen-bond donors (Lipinski definition) is 4. The van der Waals surface area contributed by atoms with Crippen LogP contribution in [0.25, 0.3) is 0 Å². The number of benzene rings is 1. The van der Waals surface area contributed by atoms with Crippen LogP contribution in [0.1, 0.15) is 36.1 Å². The van der Waals surface area contributed by atoms with Crippen LogP contribution >= 0.6 is 11.3 Å². The molecule has 4 nitrogen and oxygen atoms in total. The first-order valence-corrected chi connectivity index (χ1v) is 10.1. The van der Waals surface area contributed by atoms with E-state index in [1.807, 2.05) is 17.5 Å². The van der Waals surface area contributed by atoms with Crippen molar-refractivity contribution < 1.29 is 0 Å². The van der Waals surface area contributed by atoms with Crippen LogP contribution in [0.5, 0.6) is 0 Å². The summed E-state index contributed by atoms with van der Waals surface area (Å²) in [5.41, 5.74) is 3.66. The Morgan fingerprint density at radius 3 is 2.88 bits per heavy atom. The predicted octanol–water partition coefficient (Wildman–Crippen LogP) is 4.33. The van der Waals surface area contributed by atoms with Gasteiger partial charge in [0, 0.05) is 23.8 Å². The molecule has 0 radical (unpaired) electrons. The van der Waals surface area contributed by atoms with Crippen LogP contribution in [-0.4, -0.2) is 25.5 Å². The molecule has 4 rings (SSSR count). The summed E-state index contributed by atoms with van der Waals surface area (Å²) in [7, 11) is 0. The quantitative estimate of drug-likeness (QED) is 0.488. The van der Waals surface area contributed by atoms with Gasteiger partial charge >= 0.3 is 0 Å². The van der Waals surface area contributed by atoms with E-state index in [1.165, 1.54) is 24.1 Å². The Hall–Kier alpha value is -1.85. The zero-order valence-electron chi connectivity index (χ0n) is 14.6. The van der Waals surface area contributed by atoms with E-state index in [0.717, 1.165) is 36.1 Å². The monoisotopic (exact) mass is 354 g/mol. The van der Waals surface area contributed by atoms with Crippen molar-refractivity contribution in [3.05, 3.63) is 46.2 Å².